The van der Waals surface area contributed by atoms with Crippen LogP contribution in [0.25, 0.3) is 98.9 Å². The summed E-state index contributed by atoms with van der Waals surface area (Å²) in [6.45, 7) is 0. The highest BCUT2D eigenvalue weighted by molar-refractivity contribution is 8.32. The minimum Gasteiger partial charge on any atom is -0.456 e. The van der Waals surface area contributed by atoms with Gasteiger partial charge in [-0.15, -0.1) is 0 Å². The molecule has 55 heavy (non-hydrogen) atoms. The number of nitrogens with zero attached hydrogens (tertiary/aromatic N) is 2. The summed E-state index contributed by atoms with van der Waals surface area (Å²) in [5, 5.41) is 9.56. The molecule has 5 heteroatoms. The van der Waals surface area contributed by atoms with Crippen molar-refractivity contribution in [3.63, 3.8) is 0 Å². The van der Waals surface area contributed by atoms with Crippen LogP contribution in [-0.4, -0.2) is 21.6 Å². The van der Waals surface area contributed by atoms with Gasteiger partial charge in [-0.1, -0.05) is 72.8 Å². The van der Waals surface area contributed by atoms with Gasteiger partial charge >= 0.3 is 0 Å². The maximum atomic E-state index is 6.45. The molecular formula is C50H34N2O2S. The zero-order valence-corrected chi connectivity index (χ0v) is 31.1. The van der Waals surface area contributed by atoms with Gasteiger partial charge in [-0.05, 0) is 119 Å². The van der Waals surface area contributed by atoms with Gasteiger partial charge in [-0.3, -0.25) is 0 Å². The van der Waals surface area contributed by atoms with E-state index in [9.17, 15) is 0 Å². The summed E-state index contributed by atoms with van der Waals surface area (Å²) < 4.78 is 17.6. The van der Waals surface area contributed by atoms with Crippen molar-refractivity contribution in [3.8, 4) is 11.4 Å². The highest BCUT2D eigenvalue weighted by atomic mass is 32.3. The first-order chi connectivity index (χ1) is 27.0. The number of benzene rings is 8. The summed E-state index contributed by atoms with van der Waals surface area (Å²) >= 11 is 0. The van der Waals surface area contributed by atoms with Crippen LogP contribution in [0.2, 0.25) is 0 Å². The highest BCUT2D eigenvalue weighted by Gasteiger charge is 2.22. The Morgan fingerprint density at radius 2 is 0.636 bits per heavy atom. The van der Waals surface area contributed by atoms with Gasteiger partial charge in [0.2, 0.25) is 0 Å². The van der Waals surface area contributed by atoms with Crippen molar-refractivity contribution in [2.45, 2.75) is 9.79 Å². The van der Waals surface area contributed by atoms with E-state index < -0.39 is 10.0 Å². The lowest BCUT2D eigenvalue weighted by atomic mass is 10.1. The Morgan fingerprint density at radius 3 is 1.00 bits per heavy atom. The van der Waals surface area contributed by atoms with Crippen molar-refractivity contribution >= 4 is 97.5 Å². The van der Waals surface area contributed by atoms with E-state index in [4.69, 9.17) is 8.83 Å². The standard InChI is InChI=1S/C50H34N2O2S/c1-55(2,33-21-25-49-41(29-33)39-27-31(19-23-47(39)53-49)51-43-15-7-3-11-35(43)36-12-4-8-16-44(36)51)34-22-26-50-42(30-34)40-28-32(20-24-48(40)54-50)52-45-17-9-5-13-37(45)38-14-6-10-18-46(38)52/h3-30H,1-2H3. The molecule has 0 saturated heterocycles. The lowest BCUT2D eigenvalue weighted by Gasteiger charge is -2.32. The largest absolute Gasteiger partial charge is 0.456 e. The molecule has 262 valence electrons. The first-order valence-corrected chi connectivity index (χ1v) is 21.1. The molecule has 0 N–H and O–H groups in total. The molecule has 12 aromatic rings. The lowest BCUT2D eigenvalue weighted by molar-refractivity contribution is 0.668. The monoisotopic (exact) mass is 726 g/mol. The predicted molar refractivity (Wildman–Crippen MR) is 232 cm³/mol. The average molecular weight is 727 g/mol. The molecule has 0 saturated carbocycles. The summed E-state index contributed by atoms with van der Waals surface area (Å²) in [4.78, 5) is 2.62. The second-order valence-electron chi connectivity index (χ2n) is 14.9. The third-order valence-electron chi connectivity index (χ3n) is 11.7. The SMILES string of the molecule is CS(C)(c1ccc2oc3ccc(-n4c5ccccc5c5ccccc54)cc3c2c1)c1ccc2oc3ccc(-n4c5ccccc5c5ccccc54)cc3c2c1. The van der Waals surface area contributed by atoms with Gasteiger partial charge < -0.3 is 18.0 Å². The second-order valence-corrected chi connectivity index (χ2v) is 18.5. The predicted octanol–water partition coefficient (Wildman–Crippen LogP) is 14.2. The number of aromatic nitrogens is 2. The minimum atomic E-state index is -1.43. The van der Waals surface area contributed by atoms with Crippen LogP contribution < -0.4 is 0 Å². The van der Waals surface area contributed by atoms with Crippen LogP contribution in [0.4, 0.5) is 0 Å². The molecular weight excluding hydrogens is 693 g/mol. The smallest absolute Gasteiger partial charge is 0.135 e. The number of hydrogen-bond acceptors (Lipinski definition) is 2. The van der Waals surface area contributed by atoms with Crippen molar-refractivity contribution in [3.05, 3.63) is 170 Å². The van der Waals surface area contributed by atoms with E-state index in [1.165, 1.54) is 53.4 Å². The highest BCUT2D eigenvalue weighted by Crippen LogP contribution is 2.58. The Kier molecular flexibility index (Phi) is 6.24. The molecule has 0 amide bonds. The Balaban J connectivity index is 0.989. The number of rotatable bonds is 4. The molecule has 0 unspecified atom stereocenters. The van der Waals surface area contributed by atoms with E-state index in [1.807, 2.05) is 0 Å². The Hall–Kier alpha value is -6.69. The summed E-state index contributed by atoms with van der Waals surface area (Å²) in [5.41, 5.74) is 10.7. The van der Waals surface area contributed by atoms with E-state index in [-0.39, 0.29) is 0 Å². The van der Waals surface area contributed by atoms with Gasteiger partial charge in [-0.25, -0.2) is 0 Å². The lowest BCUT2D eigenvalue weighted by Crippen LogP contribution is -1.97. The summed E-state index contributed by atoms with van der Waals surface area (Å²) in [6, 6.07) is 61.4. The number of para-hydroxylation sites is 4. The Labute approximate surface area is 317 Å². The fourth-order valence-electron chi connectivity index (χ4n) is 8.94. The van der Waals surface area contributed by atoms with Gasteiger partial charge in [0, 0.05) is 54.5 Å². The van der Waals surface area contributed by atoms with Crippen LogP contribution in [-0.2, 0) is 0 Å². The maximum Gasteiger partial charge on any atom is 0.135 e. The Bertz CT molecular complexity index is 3200. The zero-order chi connectivity index (χ0) is 36.4. The van der Waals surface area contributed by atoms with Crippen LogP contribution in [0.5, 0.6) is 0 Å². The van der Waals surface area contributed by atoms with Gasteiger partial charge in [0.15, 0.2) is 0 Å². The van der Waals surface area contributed by atoms with Gasteiger partial charge in [0.25, 0.3) is 0 Å². The fourth-order valence-corrected chi connectivity index (χ4v) is 10.9. The molecule has 0 radical (unpaired) electrons. The van der Waals surface area contributed by atoms with Gasteiger partial charge in [-0.2, -0.15) is 10.0 Å². The maximum absolute atomic E-state index is 6.45. The average Bonchev–Trinajstić information content (AvgIpc) is 3.97. The number of fused-ring (bicyclic) bond motifs is 12. The van der Waals surface area contributed by atoms with Crippen molar-refractivity contribution in [1.29, 1.82) is 0 Å². The van der Waals surface area contributed by atoms with E-state index in [1.54, 1.807) is 0 Å². The molecule has 0 bridgehead atoms. The minimum absolute atomic E-state index is 0.898. The molecule has 0 aliphatic heterocycles. The summed E-state index contributed by atoms with van der Waals surface area (Å²) in [5.74, 6) is 0. The van der Waals surface area contributed by atoms with E-state index in [0.29, 0.717) is 0 Å². The van der Waals surface area contributed by atoms with E-state index in [2.05, 4.69) is 192 Å². The van der Waals surface area contributed by atoms with Crippen LogP contribution in [0.3, 0.4) is 0 Å². The first kappa shape index (κ1) is 30.7. The Morgan fingerprint density at radius 1 is 0.327 bits per heavy atom. The van der Waals surface area contributed by atoms with Crippen LogP contribution in [0.1, 0.15) is 0 Å². The fraction of sp³-hybridized carbons (Fsp3) is 0.0400. The molecule has 4 heterocycles. The van der Waals surface area contributed by atoms with Crippen molar-refractivity contribution < 1.29 is 8.83 Å². The topological polar surface area (TPSA) is 36.1 Å². The molecule has 0 spiro atoms. The van der Waals surface area contributed by atoms with Gasteiger partial charge in [0.1, 0.15) is 22.3 Å². The van der Waals surface area contributed by atoms with Crippen molar-refractivity contribution in [2.75, 3.05) is 12.5 Å². The van der Waals surface area contributed by atoms with E-state index in [0.717, 1.165) is 55.3 Å². The molecule has 4 aromatic heterocycles. The van der Waals surface area contributed by atoms with Crippen LogP contribution in [0, 0.1) is 0 Å². The van der Waals surface area contributed by atoms with E-state index >= 15 is 0 Å². The quantitative estimate of drug-likeness (QED) is 0.181. The van der Waals surface area contributed by atoms with Crippen LogP contribution in [0.15, 0.2) is 188 Å². The first-order valence-electron chi connectivity index (χ1n) is 18.6. The molecule has 0 aliphatic rings. The normalized spacial score (nSPS) is 12.8. The summed E-state index contributed by atoms with van der Waals surface area (Å²) in [6.07, 6.45) is 4.79. The van der Waals surface area contributed by atoms with Crippen molar-refractivity contribution in [2.24, 2.45) is 0 Å². The zero-order valence-electron chi connectivity index (χ0n) is 30.3. The molecule has 4 nitrogen and oxygen atoms in total. The van der Waals surface area contributed by atoms with Crippen molar-refractivity contribution in [1.82, 2.24) is 9.13 Å². The van der Waals surface area contributed by atoms with Crippen LogP contribution >= 0.6 is 10.0 Å². The number of furan rings is 2. The molecule has 8 aromatic carbocycles. The summed E-state index contributed by atoms with van der Waals surface area (Å²) in [7, 11) is -1.43. The second kappa shape index (κ2) is 11.2. The third-order valence-corrected chi connectivity index (χ3v) is 14.6. The molecule has 0 aliphatic carbocycles. The molecule has 0 atom stereocenters. The number of hydrogen-bond donors (Lipinski definition) is 0. The molecule has 0 fully saturated rings. The third kappa shape index (κ3) is 4.36. The molecule has 12 rings (SSSR count). The van der Waals surface area contributed by atoms with Gasteiger partial charge in [0.05, 0.1) is 22.1 Å².